The fourth-order valence-electron chi connectivity index (χ4n) is 2.02. The second-order valence-electron chi connectivity index (χ2n) is 4.26. The molecule has 1 aromatic heterocycles. The monoisotopic (exact) mass is 223 g/mol. The van der Waals surface area contributed by atoms with Gasteiger partial charge < -0.3 is 20.7 Å². The number of carbonyl (C=O) groups excluding carboxylic acids is 1. The summed E-state index contributed by atoms with van der Waals surface area (Å²) in [5.41, 5.74) is 6.67. The van der Waals surface area contributed by atoms with Crippen molar-refractivity contribution in [3.05, 3.63) is 18.0 Å². The van der Waals surface area contributed by atoms with Crippen molar-refractivity contribution in [2.24, 2.45) is 5.92 Å². The van der Waals surface area contributed by atoms with Gasteiger partial charge in [0.15, 0.2) is 0 Å². The van der Waals surface area contributed by atoms with Crippen LogP contribution in [0.15, 0.2) is 12.3 Å². The third kappa shape index (κ3) is 2.19. The summed E-state index contributed by atoms with van der Waals surface area (Å²) < 4.78 is 0. The average molecular weight is 223 g/mol. The van der Waals surface area contributed by atoms with Crippen molar-refractivity contribution in [1.82, 2.24) is 9.88 Å². The molecule has 1 fully saturated rings. The maximum Gasteiger partial charge on any atom is 0.270 e. The zero-order valence-corrected chi connectivity index (χ0v) is 9.15. The molecular weight excluding hydrogens is 206 g/mol. The number of aliphatic hydroxyl groups is 1. The lowest BCUT2D eigenvalue weighted by Gasteiger charge is -2.30. The first-order chi connectivity index (χ1) is 7.70. The number of anilines is 1. The molecule has 1 saturated heterocycles. The van der Waals surface area contributed by atoms with Gasteiger partial charge in [0.05, 0.1) is 0 Å². The lowest BCUT2D eigenvalue weighted by molar-refractivity contribution is 0.0646. The molecule has 0 saturated carbocycles. The number of rotatable bonds is 2. The molecule has 0 bridgehead atoms. The predicted molar refractivity (Wildman–Crippen MR) is 60.9 cm³/mol. The van der Waals surface area contributed by atoms with Gasteiger partial charge in [-0.15, -0.1) is 0 Å². The fourth-order valence-corrected chi connectivity index (χ4v) is 2.02. The molecular formula is C11H17N3O2. The number of aliphatic hydroxyl groups excluding tert-OH is 1. The number of nitrogen functional groups attached to an aromatic ring is 1. The van der Waals surface area contributed by atoms with E-state index >= 15 is 0 Å². The Morgan fingerprint density at radius 2 is 2.25 bits per heavy atom. The van der Waals surface area contributed by atoms with E-state index in [-0.39, 0.29) is 12.5 Å². The molecule has 16 heavy (non-hydrogen) atoms. The number of aromatic nitrogens is 1. The highest BCUT2D eigenvalue weighted by atomic mass is 16.3. The van der Waals surface area contributed by atoms with Gasteiger partial charge in [0.1, 0.15) is 5.69 Å². The molecule has 0 unspecified atom stereocenters. The van der Waals surface area contributed by atoms with Crippen molar-refractivity contribution in [1.29, 1.82) is 0 Å². The maximum atomic E-state index is 12.0. The molecule has 1 aliphatic rings. The Balaban J connectivity index is 1.96. The topological polar surface area (TPSA) is 82.4 Å². The summed E-state index contributed by atoms with van der Waals surface area (Å²) in [6.07, 6.45) is 3.37. The standard InChI is InChI=1S/C11H17N3O2/c12-9-5-10(13-6-9)11(16)14-3-1-8(7-15)2-4-14/h5-6,8,13,15H,1-4,7,12H2. The number of nitrogens with two attached hydrogens (primary N) is 1. The highest BCUT2D eigenvalue weighted by Crippen LogP contribution is 2.18. The van der Waals surface area contributed by atoms with Gasteiger partial charge in [-0.05, 0) is 24.8 Å². The summed E-state index contributed by atoms with van der Waals surface area (Å²) in [6.45, 7) is 1.64. The SMILES string of the molecule is Nc1c[nH]c(C(=O)N2CCC(CO)CC2)c1. The third-order valence-electron chi connectivity index (χ3n) is 3.10. The molecule has 0 spiro atoms. The van der Waals surface area contributed by atoms with E-state index in [1.807, 2.05) is 0 Å². The van der Waals surface area contributed by atoms with Crippen LogP contribution in [0.1, 0.15) is 23.3 Å². The summed E-state index contributed by atoms with van der Waals surface area (Å²) >= 11 is 0. The van der Waals surface area contributed by atoms with E-state index in [9.17, 15) is 4.79 Å². The van der Waals surface area contributed by atoms with Crippen LogP contribution in [0.5, 0.6) is 0 Å². The van der Waals surface area contributed by atoms with E-state index in [1.165, 1.54) is 0 Å². The second kappa shape index (κ2) is 4.57. The normalized spacial score (nSPS) is 17.7. The minimum Gasteiger partial charge on any atom is -0.397 e. The van der Waals surface area contributed by atoms with Crippen molar-refractivity contribution in [2.45, 2.75) is 12.8 Å². The lowest BCUT2D eigenvalue weighted by Crippen LogP contribution is -2.39. The summed E-state index contributed by atoms with van der Waals surface area (Å²) in [6, 6.07) is 1.65. The van der Waals surface area contributed by atoms with Crippen LogP contribution in [0, 0.1) is 5.92 Å². The van der Waals surface area contributed by atoms with Crippen LogP contribution in [0.2, 0.25) is 0 Å². The molecule has 88 valence electrons. The molecule has 1 amide bonds. The van der Waals surface area contributed by atoms with Gasteiger partial charge in [0.2, 0.25) is 0 Å². The number of amides is 1. The second-order valence-corrected chi connectivity index (χ2v) is 4.26. The molecule has 2 heterocycles. The third-order valence-corrected chi connectivity index (χ3v) is 3.10. The van der Waals surface area contributed by atoms with Crippen LogP contribution in [0.4, 0.5) is 5.69 Å². The highest BCUT2D eigenvalue weighted by Gasteiger charge is 2.23. The first-order valence-electron chi connectivity index (χ1n) is 5.54. The first-order valence-corrected chi connectivity index (χ1v) is 5.54. The zero-order chi connectivity index (χ0) is 11.5. The molecule has 0 aromatic carbocycles. The van der Waals surface area contributed by atoms with Crippen molar-refractivity contribution in [3.63, 3.8) is 0 Å². The van der Waals surface area contributed by atoms with Crippen LogP contribution in [-0.4, -0.2) is 40.6 Å². The summed E-state index contributed by atoms with van der Waals surface area (Å²) in [7, 11) is 0. The number of carbonyl (C=O) groups is 1. The van der Waals surface area contributed by atoms with Crippen molar-refractivity contribution in [2.75, 3.05) is 25.4 Å². The molecule has 0 atom stereocenters. The largest absolute Gasteiger partial charge is 0.397 e. The van der Waals surface area contributed by atoms with E-state index in [0.29, 0.717) is 30.4 Å². The molecule has 4 N–H and O–H groups in total. The van der Waals surface area contributed by atoms with Crippen molar-refractivity contribution in [3.8, 4) is 0 Å². The highest BCUT2D eigenvalue weighted by molar-refractivity contribution is 5.93. The fraction of sp³-hybridized carbons (Fsp3) is 0.545. The van der Waals surface area contributed by atoms with Gasteiger partial charge in [-0.25, -0.2) is 0 Å². The van der Waals surface area contributed by atoms with Crippen molar-refractivity contribution >= 4 is 11.6 Å². The van der Waals surface area contributed by atoms with E-state index in [0.717, 1.165) is 12.8 Å². The van der Waals surface area contributed by atoms with Crippen LogP contribution < -0.4 is 5.73 Å². The molecule has 5 heteroatoms. The van der Waals surface area contributed by atoms with Crippen LogP contribution in [0.3, 0.4) is 0 Å². The number of hydrogen-bond donors (Lipinski definition) is 3. The molecule has 1 aromatic rings. The Labute approximate surface area is 94.2 Å². The Morgan fingerprint density at radius 3 is 2.75 bits per heavy atom. The molecule has 0 aliphatic carbocycles. The Kier molecular flexibility index (Phi) is 3.14. The van der Waals surface area contributed by atoms with Crippen molar-refractivity contribution < 1.29 is 9.90 Å². The van der Waals surface area contributed by atoms with Gasteiger partial charge in [-0.1, -0.05) is 0 Å². The average Bonchev–Trinajstić information content (AvgIpc) is 2.75. The number of likely N-dealkylation sites (tertiary alicyclic amines) is 1. The van der Waals surface area contributed by atoms with E-state index in [1.54, 1.807) is 17.2 Å². The summed E-state index contributed by atoms with van der Waals surface area (Å²) in [5, 5.41) is 9.01. The Hall–Kier alpha value is -1.49. The zero-order valence-electron chi connectivity index (χ0n) is 9.15. The quantitative estimate of drug-likeness (QED) is 0.680. The van der Waals surface area contributed by atoms with Gasteiger partial charge in [0, 0.05) is 31.6 Å². The molecule has 1 aliphatic heterocycles. The van der Waals surface area contributed by atoms with E-state index in [2.05, 4.69) is 4.98 Å². The summed E-state index contributed by atoms with van der Waals surface area (Å²) in [5.74, 6) is 0.339. The number of piperidine rings is 1. The number of nitrogens with zero attached hydrogens (tertiary/aromatic N) is 1. The van der Waals surface area contributed by atoms with E-state index in [4.69, 9.17) is 10.8 Å². The predicted octanol–water partition coefficient (Wildman–Crippen LogP) is 0.441. The minimum absolute atomic E-state index is 0.00640. The smallest absolute Gasteiger partial charge is 0.270 e. The van der Waals surface area contributed by atoms with Gasteiger partial charge in [-0.3, -0.25) is 4.79 Å². The van der Waals surface area contributed by atoms with Crippen LogP contribution in [0.25, 0.3) is 0 Å². The Morgan fingerprint density at radius 1 is 1.56 bits per heavy atom. The number of nitrogens with one attached hydrogen (secondary N) is 1. The number of aromatic amines is 1. The summed E-state index contributed by atoms with van der Waals surface area (Å²) in [4.78, 5) is 16.6. The van der Waals surface area contributed by atoms with Gasteiger partial charge in [0.25, 0.3) is 5.91 Å². The molecule has 2 rings (SSSR count). The maximum absolute atomic E-state index is 12.0. The number of hydrogen-bond acceptors (Lipinski definition) is 3. The van der Waals surface area contributed by atoms with Gasteiger partial charge in [-0.2, -0.15) is 0 Å². The van der Waals surface area contributed by atoms with Gasteiger partial charge >= 0.3 is 0 Å². The van der Waals surface area contributed by atoms with E-state index < -0.39 is 0 Å². The Bertz CT molecular complexity index is 367. The first kappa shape index (κ1) is 11.0. The molecule has 5 nitrogen and oxygen atoms in total. The molecule has 0 radical (unpaired) electrons. The minimum atomic E-state index is -0.00640. The van der Waals surface area contributed by atoms with Crippen LogP contribution >= 0.6 is 0 Å². The van der Waals surface area contributed by atoms with Crippen LogP contribution in [-0.2, 0) is 0 Å². The number of H-pyrrole nitrogens is 1. The lowest BCUT2D eigenvalue weighted by atomic mass is 9.98.